The normalized spacial score (nSPS) is 12.9. The maximum atomic E-state index is 13.2. The van der Waals surface area contributed by atoms with E-state index >= 15 is 0 Å². The van der Waals surface area contributed by atoms with E-state index < -0.39 is 12.0 Å². The second-order valence-electron chi connectivity index (χ2n) is 2.71. The predicted octanol–water partition coefficient (Wildman–Crippen LogP) is 2.95. The molecule has 2 N–H and O–H groups in total. The van der Waals surface area contributed by atoms with Gasteiger partial charge in [-0.2, -0.15) is 0 Å². The Morgan fingerprint density at radius 1 is 1.46 bits per heavy atom. The Labute approximate surface area is 84.1 Å². The highest BCUT2D eigenvalue weighted by Crippen LogP contribution is 2.26. The van der Waals surface area contributed by atoms with Crippen LogP contribution in [0.4, 0.5) is 8.78 Å². The van der Waals surface area contributed by atoms with Crippen LogP contribution in [0.5, 0.6) is 0 Å². The van der Waals surface area contributed by atoms with Gasteiger partial charge in [-0.3, -0.25) is 0 Å². The monoisotopic (exact) mass is 249 g/mol. The van der Waals surface area contributed by atoms with Crippen molar-refractivity contribution in [2.75, 3.05) is 6.54 Å². The van der Waals surface area contributed by atoms with E-state index in [2.05, 4.69) is 15.9 Å². The molecule has 0 saturated carbocycles. The second-order valence-corrected chi connectivity index (χ2v) is 3.63. The van der Waals surface area contributed by atoms with Gasteiger partial charge >= 0.3 is 0 Å². The lowest BCUT2D eigenvalue weighted by Crippen LogP contribution is -2.05. The zero-order valence-electron chi connectivity index (χ0n) is 6.93. The minimum Gasteiger partial charge on any atom is -0.330 e. The molecule has 1 aromatic carbocycles. The van der Waals surface area contributed by atoms with Crippen molar-refractivity contribution in [3.8, 4) is 0 Å². The van der Waals surface area contributed by atoms with Crippen LogP contribution in [0.3, 0.4) is 0 Å². The van der Waals surface area contributed by atoms with Gasteiger partial charge in [0, 0.05) is 10.0 Å². The number of rotatable bonds is 3. The van der Waals surface area contributed by atoms with Crippen LogP contribution in [0.2, 0.25) is 0 Å². The third-order valence-corrected chi connectivity index (χ3v) is 2.21. The van der Waals surface area contributed by atoms with Gasteiger partial charge in [-0.05, 0) is 31.2 Å². The van der Waals surface area contributed by atoms with Gasteiger partial charge in [0.15, 0.2) is 0 Å². The molecule has 1 unspecified atom stereocenters. The van der Waals surface area contributed by atoms with Crippen molar-refractivity contribution >= 4 is 15.9 Å². The Kier molecular flexibility index (Phi) is 3.81. The molecular formula is C9H10BrF2N. The first-order valence-corrected chi connectivity index (χ1v) is 4.73. The Balaban J connectivity index is 2.91. The largest absolute Gasteiger partial charge is 0.330 e. The van der Waals surface area contributed by atoms with E-state index in [1.165, 1.54) is 18.2 Å². The van der Waals surface area contributed by atoms with E-state index in [-0.39, 0.29) is 18.5 Å². The first kappa shape index (κ1) is 10.6. The lowest BCUT2D eigenvalue weighted by atomic mass is 10.1. The van der Waals surface area contributed by atoms with Crippen molar-refractivity contribution in [3.63, 3.8) is 0 Å². The third kappa shape index (κ3) is 2.74. The van der Waals surface area contributed by atoms with E-state index in [4.69, 9.17) is 5.73 Å². The highest BCUT2D eigenvalue weighted by Gasteiger charge is 2.13. The summed E-state index contributed by atoms with van der Waals surface area (Å²) < 4.78 is 26.9. The van der Waals surface area contributed by atoms with Crippen molar-refractivity contribution in [1.82, 2.24) is 0 Å². The number of halogens is 3. The maximum Gasteiger partial charge on any atom is 0.129 e. The van der Waals surface area contributed by atoms with Crippen LogP contribution in [-0.2, 0) is 0 Å². The molecule has 0 radical (unpaired) electrons. The molecule has 0 bridgehead atoms. The molecule has 0 aliphatic carbocycles. The summed E-state index contributed by atoms with van der Waals surface area (Å²) in [5.74, 6) is -0.524. The van der Waals surface area contributed by atoms with Gasteiger partial charge in [0.2, 0.25) is 0 Å². The van der Waals surface area contributed by atoms with Gasteiger partial charge in [-0.25, -0.2) is 8.78 Å². The SMILES string of the molecule is NCCC(F)c1cc(Br)ccc1F. The topological polar surface area (TPSA) is 26.0 Å². The van der Waals surface area contributed by atoms with Gasteiger partial charge in [-0.15, -0.1) is 0 Å². The third-order valence-electron chi connectivity index (χ3n) is 1.72. The molecule has 0 aromatic heterocycles. The summed E-state index contributed by atoms with van der Waals surface area (Å²) in [6.45, 7) is 0.215. The summed E-state index contributed by atoms with van der Waals surface area (Å²) in [5, 5.41) is 0. The molecule has 0 aliphatic rings. The van der Waals surface area contributed by atoms with E-state index in [9.17, 15) is 8.78 Å². The number of benzene rings is 1. The van der Waals surface area contributed by atoms with Crippen LogP contribution in [-0.4, -0.2) is 6.54 Å². The molecule has 0 aliphatic heterocycles. The number of hydrogen-bond acceptors (Lipinski definition) is 1. The van der Waals surface area contributed by atoms with E-state index in [1.54, 1.807) is 0 Å². The van der Waals surface area contributed by atoms with Crippen molar-refractivity contribution in [3.05, 3.63) is 34.1 Å². The van der Waals surface area contributed by atoms with Gasteiger partial charge in [0.05, 0.1) is 0 Å². The van der Waals surface area contributed by atoms with Crippen LogP contribution in [0, 0.1) is 5.82 Å². The second kappa shape index (κ2) is 4.67. The number of alkyl halides is 1. The van der Waals surface area contributed by atoms with Crippen LogP contribution >= 0.6 is 15.9 Å². The van der Waals surface area contributed by atoms with Gasteiger partial charge in [0.1, 0.15) is 12.0 Å². The standard InChI is InChI=1S/C9H10BrF2N/c10-6-1-2-8(11)7(5-6)9(12)3-4-13/h1-2,5,9H,3-4,13H2. The van der Waals surface area contributed by atoms with E-state index in [0.717, 1.165) is 0 Å². The quantitative estimate of drug-likeness (QED) is 0.876. The lowest BCUT2D eigenvalue weighted by molar-refractivity contribution is 0.317. The van der Waals surface area contributed by atoms with Crippen LogP contribution < -0.4 is 5.73 Å². The van der Waals surface area contributed by atoms with E-state index in [1.807, 2.05) is 0 Å². The number of hydrogen-bond donors (Lipinski definition) is 1. The summed E-state index contributed by atoms with van der Waals surface area (Å²) in [4.78, 5) is 0. The summed E-state index contributed by atoms with van der Waals surface area (Å²) in [6, 6.07) is 4.21. The molecule has 13 heavy (non-hydrogen) atoms. The minimum atomic E-state index is -1.32. The highest BCUT2D eigenvalue weighted by molar-refractivity contribution is 9.10. The van der Waals surface area contributed by atoms with Crippen LogP contribution in [0.1, 0.15) is 18.2 Å². The molecule has 4 heteroatoms. The van der Waals surface area contributed by atoms with Gasteiger partial charge in [-0.1, -0.05) is 15.9 Å². The zero-order chi connectivity index (χ0) is 9.84. The van der Waals surface area contributed by atoms with E-state index in [0.29, 0.717) is 4.47 Å². The van der Waals surface area contributed by atoms with Crippen molar-refractivity contribution in [1.29, 1.82) is 0 Å². The van der Waals surface area contributed by atoms with Crippen LogP contribution in [0.15, 0.2) is 22.7 Å². The molecule has 1 aromatic rings. The highest BCUT2D eigenvalue weighted by atomic mass is 79.9. The minimum absolute atomic E-state index is 0.0693. The molecule has 0 amide bonds. The molecule has 1 nitrogen and oxygen atoms in total. The molecular weight excluding hydrogens is 240 g/mol. The van der Waals surface area contributed by atoms with Gasteiger partial charge in [0.25, 0.3) is 0 Å². The van der Waals surface area contributed by atoms with Crippen LogP contribution in [0.25, 0.3) is 0 Å². The first-order valence-electron chi connectivity index (χ1n) is 3.94. The maximum absolute atomic E-state index is 13.2. The molecule has 72 valence electrons. The molecule has 0 fully saturated rings. The van der Waals surface area contributed by atoms with Crippen molar-refractivity contribution in [2.24, 2.45) is 5.73 Å². The lowest BCUT2D eigenvalue weighted by Gasteiger charge is -2.08. The Bertz CT molecular complexity index is 291. The average Bonchev–Trinajstić information content (AvgIpc) is 2.09. The summed E-state index contributed by atoms with van der Waals surface area (Å²) >= 11 is 3.15. The van der Waals surface area contributed by atoms with Gasteiger partial charge < -0.3 is 5.73 Å². The molecule has 0 heterocycles. The zero-order valence-corrected chi connectivity index (χ0v) is 8.52. The Morgan fingerprint density at radius 2 is 2.15 bits per heavy atom. The molecule has 1 rings (SSSR count). The fourth-order valence-electron chi connectivity index (χ4n) is 1.06. The summed E-state index contributed by atoms with van der Waals surface area (Å²) in [5.41, 5.74) is 5.25. The summed E-state index contributed by atoms with van der Waals surface area (Å²) in [6.07, 6.45) is -1.17. The fraction of sp³-hybridized carbons (Fsp3) is 0.333. The Hall–Kier alpha value is -0.480. The molecule has 0 saturated heterocycles. The molecule has 1 atom stereocenters. The average molecular weight is 250 g/mol. The summed E-state index contributed by atoms with van der Waals surface area (Å²) in [7, 11) is 0. The first-order chi connectivity index (χ1) is 6.15. The predicted molar refractivity (Wildman–Crippen MR) is 51.6 cm³/mol. The van der Waals surface area contributed by atoms with Crippen molar-refractivity contribution in [2.45, 2.75) is 12.6 Å². The smallest absolute Gasteiger partial charge is 0.129 e. The van der Waals surface area contributed by atoms with Crippen molar-refractivity contribution < 1.29 is 8.78 Å². The molecule has 0 spiro atoms. The number of nitrogens with two attached hydrogens (primary N) is 1. The Morgan fingerprint density at radius 3 is 2.77 bits per heavy atom. The fourth-order valence-corrected chi connectivity index (χ4v) is 1.44.